The van der Waals surface area contributed by atoms with E-state index in [1.807, 2.05) is 0 Å². The van der Waals surface area contributed by atoms with Crippen molar-refractivity contribution in [2.24, 2.45) is 0 Å². The summed E-state index contributed by atoms with van der Waals surface area (Å²) in [6.45, 7) is 6.48. The van der Waals surface area contributed by atoms with E-state index in [2.05, 4.69) is 142 Å². The Hall–Kier alpha value is -4.19. The Balaban J connectivity index is 4.25. The summed E-state index contributed by atoms with van der Waals surface area (Å²) >= 11 is 0. The zero-order valence-electron chi connectivity index (χ0n) is 52.3. The first-order valence-electron chi connectivity index (χ1n) is 33.5. The molecule has 0 spiro atoms. The molecular formula is C74H124O6. The van der Waals surface area contributed by atoms with E-state index >= 15 is 0 Å². The Bertz CT molecular complexity index is 1650. The third kappa shape index (κ3) is 64.6. The topological polar surface area (TPSA) is 78.9 Å². The van der Waals surface area contributed by atoms with E-state index in [1.54, 1.807) is 0 Å². The molecule has 0 heterocycles. The van der Waals surface area contributed by atoms with E-state index in [9.17, 15) is 14.4 Å². The molecule has 0 bridgehead atoms. The van der Waals surface area contributed by atoms with Crippen molar-refractivity contribution in [1.82, 2.24) is 0 Å². The quantitative estimate of drug-likeness (QED) is 0.0261. The molecule has 0 amide bonds. The lowest BCUT2D eigenvalue weighted by Gasteiger charge is -2.18. The molecule has 0 aromatic heterocycles. The molecule has 0 N–H and O–H groups in total. The van der Waals surface area contributed by atoms with Gasteiger partial charge in [-0.1, -0.05) is 277 Å². The number of esters is 3. The molecule has 0 aliphatic rings. The number of carbonyl (C=O) groups excluding carboxylic acids is 3. The molecule has 0 aliphatic carbocycles. The molecule has 6 heteroatoms. The first kappa shape index (κ1) is 75.8. The second-order valence-corrected chi connectivity index (χ2v) is 22.0. The minimum atomic E-state index is -0.792. The summed E-state index contributed by atoms with van der Waals surface area (Å²) in [4.78, 5) is 38.3. The molecule has 0 aliphatic heterocycles. The normalized spacial score (nSPS) is 12.9. The van der Waals surface area contributed by atoms with Gasteiger partial charge in [0.1, 0.15) is 13.2 Å². The Labute approximate surface area is 494 Å². The van der Waals surface area contributed by atoms with E-state index in [-0.39, 0.29) is 31.1 Å². The predicted octanol–water partition coefficient (Wildman–Crippen LogP) is 23.2. The largest absolute Gasteiger partial charge is 0.462 e. The SMILES string of the molecule is CC/C=C\C/C=C\C/C=C\C/C=C\C/C=C\C/C=C\C/C=C\CCCCCCCCCCCCCC(=O)OCC(COC(=O)CCCCCCC/C=C\CCCCCCC)OC(=O)CCCCCCC/C=C\C/C=C\CCCCC. The van der Waals surface area contributed by atoms with Crippen LogP contribution in [0.5, 0.6) is 0 Å². The minimum Gasteiger partial charge on any atom is -0.462 e. The Morgan fingerprint density at radius 3 is 0.800 bits per heavy atom. The lowest BCUT2D eigenvalue weighted by Crippen LogP contribution is -2.30. The van der Waals surface area contributed by atoms with Crippen LogP contribution in [0.2, 0.25) is 0 Å². The van der Waals surface area contributed by atoms with Crippen LogP contribution in [0.25, 0.3) is 0 Å². The molecule has 0 rings (SSSR count). The number of ether oxygens (including phenoxy) is 3. The lowest BCUT2D eigenvalue weighted by atomic mass is 10.0. The van der Waals surface area contributed by atoms with Gasteiger partial charge in [0, 0.05) is 19.3 Å². The summed E-state index contributed by atoms with van der Waals surface area (Å²) in [6, 6.07) is 0. The van der Waals surface area contributed by atoms with Crippen LogP contribution in [-0.2, 0) is 28.6 Å². The standard InChI is InChI=1S/C74H124O6/c1-4-7-10-13-16-19-22-25-28-29-30-31-32-33-34-35-36-37-38-39-40-41-42-43-44-45-47-49-52-55-58-61-64-67-73(76)79-70-71(69-78-72(75)66-63-60-57-54-51-48-27-24-21-18-15-12-9-6-3)80-74(77)68-65-62-59-56-53-50-46-26-23-20-17-14-11-8-5-2/h7,10,16-17,19-20,24-28,30-31,33-34,36-37,39-40,46,71H,4-6,8-9,11-15,18,21-23,29,32,35,38,41-45,47-70H2,1-3H3/b10-7-,19-16-,20-17-,27-24-,28-25-,31-30-,34-33-,37-36-,40-39-,46-26-. The van der Waals surface area contributed by atoms with Gasteiger partial charge >= 0.3 is 17.9 Å². The van der Waals surface area contributed by atoms with E-state index in [0.717, 1.165) is 135 Å². The van der Waals surface area contributed by atoms with Crippen LogP contribution in [0, 0.1) is 0 Å². The zero-order valence-corrected chi connectivity index (χ0v) is 52.3. The van der Waals surface area contributed by atoms with E-state index in [1.165, 1.54) is 135 Å². The molecule has 0 aromatic carbocycles. The highest BCUT2D eigenvalue weighted by atomic mass is 16.6. The molecular weight excluding hydrogens is 985 g/mol. The van der Waals surface area contributed by atoms with Gasteiger partial charge in [-0.3, -0.25) is 14.4 Å². The summed E-state index contributed by atoms with van der Waals surface area (Å²) in [5, 5.41) is 0. The third-order valence-corrected chi connectivity index (χ3v) is 14.2. The number of hydrogen-bond donors (Lipinski definition) is 0. The van der Waals surface area contributed by atoms with Crippen molar-refractivity contribution in [3.8, 4) is 0 Å². The molecule has 0 fully saturated rings. The number of unbranched alkanes of at least 4 members (excludes halogenated alkanes) is 29. The fourth-order valence-electron chi connectivity index (χ4n) is 9.15. The summed E-state index contributed by atoms with van der Waals surface area (Å²) in [7, 11) is 0. The van der Waals surface area contributed by atoms with E-state index in [0.29, 0.717) is 19.3 Å². The van der Waals surface area contributed by atoms with Crippen molar-refractivity contribution in [3.05, 3.63) is 122 Å². The summed E-state index contributed by atoms with van der Waals surface area (Å²) in [5.41, 5.74) is 0. The maximum atomic E-state index is 12.9. The maximum absolute atomic E-state index is 12.9. The van der Waals surface area contributed by atoms with Gasteiger partial charge in [-0.05, 0) is 135 Å². The molecule has 0 radical (unpaired) electrons. The van der Waals surface area contributed by atoms with Crippen LogP contribution in [0.4, 0.5) is 0 Å². The molecule has 1 unspecified atom stereocenters. The van der Waals surface area contributed by atoms with Gasteiger partial charge in [-0.2, -0.15) is 0 Å². The third-order valence-electron chi connectivity index (χ3n) is 14.2. The van der Waals surface area contributed by atoms with Gasteiger partial charge in [-0.25, -0.2) is 0 Å². The average molecular weight is 1110 g/mol. The smallest absolute Gasteiger partial charge is 0.306 e. The molecule has 0 saturated heterocycles. The highest BCUT2D eigenvalue weighted by molar-refractivity contribution is 5.71. The Morgan fingerprint density at radius 1 is 0.263 bits per heavy atom. The average Bonchev–Trinajstić information content (AvgIpc) is 3.46. The van der Waals surface area contributed by atoms with Crippen LogP contribution in [-0.4, -0.2) is 37.2 Å². The van der Waals surface area contributed by atoms with Gasteiger partial charge in [0.05, 0.1) is 0 Å². The number of allylic oxidation sites excluding steroid dienone is 20. The summed E-state index contributed by atoms with van der Waals surface area (Å²) in [5.74, 6) is -0.907. The monoisotopic (exact) mass is 1110 g/mol. The highest BCUT2D eigenvalue weighted by Crippen LogP contribution is 2.16. The summed E-state index contributed by atoms with van der Waals surface area (Å²) in [6.07, 6.45) is 93.5. The molecule has 80 heavy (non-hydrogen) atoms. The molecule has 0 aromatic rings. The fourth-order valence-corrected chi connectivity index (χ4v) is 9.15. The van der Waals surface area contributed by atoms with Crippen LogP contribution in [0.15, 0.2) is 122 Å². The first-order valence-corrected chi connectivity index (χ1v) is 33.5. The van der Waals surface area contributed by atoms with Gasteiger partial charge in [0.25, 0.3) is 0 Å². The molecule has 0 saturated carbocycles. The molecule has 6 nitrogen and oxygen atoms in total. The van der Waals surface area contributed by atoms with Gasteiger partial charge < -0.3 is 14.2 Å². The second-order valence-electron chi connectivity index (χ2n) is 22.0. The van der Waals surface area contributed by atoms with Crippen LogP contribution in [0.1, 0.15) is 310 Å². The highest BCUT2D eigenvalue weighted by Gasteiger charge is 2.19. The Morgan fingerprint density at radius 2 is 0.487 bits per heavy atom. The van der Waals surface area contributed by atoms with Crippen LogP contribution in [0.3, 0.4) is 0 Å². The van der Waals surface area contributed by atoms with Crippen LogP contribution < -0.4 is 0 Å². The number of carbonyl (C=O) groups is 3. The molecule has 456 valence electrons. The van der Waals surface area contributed by atoms with Crippen molar-refractivity contribution in [2.45, 2.75) is 316 Å². The second kappa shape index (κ2) is 67.3. The van der Waals surface area contributed by atoms with Gasteiger partial charge in [0.2, 0.25) is 0 Å². The van der Waals surface area contributed by atoms with Crippen molar-refractivity contribution in [3.63, 3.8) is 0 Å². The van der Waals surface area contributed by atoms with E-state index in [4.69, 9.17) is 14.2 Å². The van der Waals surface area contributed by atoms with Gasteiger partial charge in [0.15, 0.2) is 6.10 Å². The Kier molecular flexibility index (Phi) is 63.8. The van der Waals surface area contributed by atoms with Crippen molar-refractivity contribution in [2.75, 3.05) is 13.2 Å². The summed E-state index contributed by atoms with van der Waals surface area (Å²) < 4.78 is 16.9. The number of hydrogen-bond acceptors (Lipinski definition) is 6. The van der Waals surface area contributed by atoms with Crippen molar-refractivity contribution < 1.29 is 28.6 Å². The first-order chi connectivity index (χ1) is 39.5. The zero-order chi connectivity index (χ0) is 57.8. The van der Waals surface area contributed by atoms with E-state index < -0.39 is 6.10 Å². The minimum absolute atomic E-state index is 0.0882. The van der Waals surface area contributed by atoms with Gasteiger partial charge in [-0.15, -0.1) is 0 Å². The fraction of sp³-hybridized carbons (Fsp3) is 0.689. The van der Waals surface area contributed by atoms with Crippen molar-refractivity contribution >= 4 is 17.9 Å². The predicted molar refractivity (Wildman–Crippen MR) is 348 cm³/mol. The van der Waals surface area contributed by atoms with Crippen molar-refractivity contribution in [1.29, 1.82) is 0 Å². The number of rotatable bonds is 60. The van der Waals surface area contributed by atoms with Crippen LogP contribution >= 0.6 is 0 Å². The molecule has 1 atom stereocenters. The maximum Gasteiger partial charge on any atom is 0.306 e. The lowest BCUT2D eigenvalue weighted by molar-refractivity contribution is -0.167.